The Bertz CT molecular complexity index is 743. The predicted molar refractivity (Wildman–Crippen MR) is 117 cm³/mol. The minimum atomic E-state index is -0.341. The highest BCUT2D eigenvalue weighted by atomic mass is 35.5. The fourth-order valence-corrected chi connectivity index (χ4v) is 5.10. The monoisotopic (exact) mass is 432 g/mol. The van der Waals surface area contributed by atoms with Crippen LogP contribution in [0.1, 0.15) is 63.4 Å². The number of nitrogens with one attached hydrogen (secondary N) is 1. The molecule has 164 valence electrons. The van der Waals surface area contributed by atoms with Gasteiger partial charge in [-0.15, -0.1) is 0 Å². The largest absolute Gasteiger partial charge is 0.376 e. The maximum atomic E-state index is 13.2. The summed E-state index contributed by atoms with van der Waals surface area (Å²) in [5.74, 6) is 0.931. The Labute approximate surface area is 184 Å². The lowest BCUT2D eigenvalue weighted by atomic mass is 9.84. The van der Waals surface area contributed by atoms with Crippen molar-refractivity contribution in [3.8, 4) is 0 Å². The standard InChI is InChI=1S/C24H33ClN2O3/c25-20-8-6-18(7-9-20)15-24(12-10-22(28)26-24)13-11-23(29)27(16-19-3-1-4-19)17-21-5-2-14-30-21/h6-9,19,21H,1-5,10-17H2,(H,26,28)/t21-,24-/m1/s1. The molecule has 0 bridgehead atoms. The molecule has 2 heterocycles. The lowest BCUT2D eigenvalue weighted by Gasteiger charge is -2.35. The molecule has 0 spiro atoms. The van der Waals surface area contributed by atoms with Gasteiger partial charge in [0.15, 0.2) is 0 Å². The molecule has 1 aromatic rings. The van der Waals surface area contributed by atoms with Crippen LogP contribution in [0.3, 0.4) is 0 Å². The Morgan fingerprint density at radius 2 is 1.97 bits per heavy atom. The van der Waals surface area contributed by atoms with E-state index in [4.69, 9.17) is 16.3 Å². The zero-order valence-electron chi connectivity index (χ0n) is 17.7. The third-order valence-electron chi connectivity index (χ3n) is 7.01. The third-order valence-corrected chi connectivity index (χ3v) is 7.26. The lowest BCUT2D eigenvalue weighted by Crippen LogP contribution is -2.46. The normalized spacial score (nSPS) is 26.4. The van der Waals surface area contributed by atoms with Gasteiger partial charge in [-0.1, -0.05) is 30.2 Å². The zero-order chi connectivity index (χ0) is 21.0. The summed E-state index contributed by atoms with van der Waals surface area (Å²) in [7, 11) is 0. The number of hydrogen-bond acceptors (Lipinski definition) is 3. The summed E-state index contributed by atoms with van der Waals surface area (Å²) in [6, 6.07) is 7.79. The number of halogens is 1. The van der Waals surface area contributed by atoms with Crippen LogP contribution in [0.4, 0.5) is 0 Å². The molecule has 2 aliphatic heterocycles. The molecule has 0 aromatic heterocycles. The molecule has 3 aliphatic rings. The van der Waals surface area contributed by atoms with Gasteiger partial charge in [0.05, 0.1) is 6.10 Å². The molecule has 0 unspecified atom stereocenters. The first-order valence-corrected chi connectivity index (χ1v) is 11.8. The van der Waals surface area contributed by atoms with Gasteiger partial charge in [-0.25, -0.2) is 0 Å². The van der Waals surface area contributed by atoms with Gasteiger partial charge in [0.1, 0.15) is 0 Å². The maximum absolute atomic E-state index is 13.2. The number of nitrogens with zero attached hydrogens (tertiary/aromatic N) is 1. The van der Waals surface area contributed by atoms with Crippen LogP contribution >= 0.6 is 11.6 Å². The minimum absolute atomic E-state index is 0.0853. The van der Waals surface area contributed by atoms with Crippen LogP contribution < -0.4 is 5.32 Å². The van der Waals surface area contributed by atoms with E-state index in [0.717, 1.165) is 44.4 Å². The van der Waals surface area contributed by atoms with Crippen molar-refractivity contribution in [3.05, 3.63) is 34.9 Å². The first kappa shape index (κ1) is 21.6. The molecule has 1 saturated carbocycles. The molecule has 2 atom stereocenters. The molecule has 30 heavy (non-hydrogen) atoms. The summed E-state index contributed by atoms with van der Waals surface area (Å²) in [5.41, 5.74) is 0.798. The molecule has 2 amide bonds. The van der Waals surface area contributed by atoms with E-state index < -0.39 is 0 Å². The molecule has 2 saturated heterocycles. The van der Waals surface area contributed by atoms with Gasteiger partial charge in [0, 0.05) is 43.1 Å². The molecule has 1 N–H and O–H groups in total. The summed E-state index contributed by atoms with van der Waals surface area (Å²) in [5, 5.41) is 3.90. The number of hydrogen-bond donors (Lipinski definition) is 1. The second-order valence-corrected chi connectivity index (χ2v) is 9.80. The van der Waals surface area contributed by atoms with Crippen molar-refractivity contribution >= 4 is 23.4 Å². The van der Waals surface area contributed by atoms with E-state index in [-0.39, 0.29) is 23.5 Å². The van der Waals surface area contributed by atoms with Crippen LogP contribution in [0.25, 0.3) is 0 Å². The quantitative estimate of drug-likeness (QED) is 0.638. The van der Waals surface area contributed by atoms with Crippen molar-refractivity contribution in [1.82, 2.24) is 10.2 Å². The van der Waals surface area contributed by atoms with Crippen molar-refractivity contribution in [2.24, 2.45) is 5.92 Å². The van der Waals surface area contributed by atoms with E-state index >= 15 is 0 Å². The number of carbonyl (C=O) groups is 2. The Balaban J connectivity index is 1.39. The summed E-state index contributed by atoms with van der Waals surface area (Å²) >= 11 is 6.02. The average molecular weight is 433 g/mol. The van der Waals surface area contributed by atoms with E-state index in [9.17, 15) is 9.59 Å². The molecule has 6 heteroatoms. The van der Waals surface area contributed by atoms with Gasteiger partial charge in [0.25, 0.3) is 0 Å². The van der Waals surface area contributed by atoms with Gasteiger partial charge in [0.2, 0.25) is 11.8 Å². The predicted octanol–water partition coefficient (Wildman–Crippen LogP) is 4.12. The SMILES string of the molecule is O=C1CC[C@@](CCC(=O)N(CC2CCC2)C[C@H]2CCCO2)(Cc2ccc(Cl)cc2)N1. The highest BCUT2D eigenvalue weighted by molar-refractivity contribution is 6.30. The van der Waals surface area contributed by atoms with Crippen LogP contribution in [0.5, 0.6) is 0 Å². The smallest absolute Gasteiger partial charge is 0.222 e. The number of amides is 2. The summed E-state index contributed by atoms with van der Waals surface area (Å²) < 4.78 is 5.81. The van der Waals surface area contributed by atoms with E-state index in [1.807, 2.05) is 29.2 Å². The average Bonchev–Trinajstić information content (AvgIpc) is 3.34. The first-order valence-electron chi connectivity index (χ1n) is 11.5. The van der Waals surface area contributed by atoms with E-state index in [0.29, 0.717) is 36.7 Å². The van der Waals surface area contributed by atoms with Crippen molar-refractivity contribution in [3.63, 3.8) is 0 Å². The van der Waals surface area contributed by atoms with Gasteiger partial charge < -0.3 is 15.0 Å². The van der Waals surface area contributed by atoms with Crippen molar-refractivity contribution in [2.45, 2.75) is 75.9 Å². The lowest BCUT2D eigenvalue weighted by molar-refractivity contribution is -0.134. The van der Waals surface area contributed by atoms with Crippen molar-refractivity contribution in [1.29, 1.82) is 0 Å². The summed E-state index contributed by atoms with van der Waals surface area (Å²) in [6.07, 6.45) is 9.23. The second kappa shape index (κ2) is 9.69. The number of benzene rings is 1. The zero-order valence-corrected chi connectivity index (χ0v) is 18.5. The Kier molecular flexibility index (Phi) is 6.99. The van der Waals surface area contributed by atoms with Gasteiger partial charge in [-0.3, -0.25) is 9.59 Å². The highest BCUT2D eigenvalue weighted by Crippen LogP contribution is 2.32. The summed E-state index contributed by atoms with van der Waals surface area (Å²) in [4.78, 5) is 27.3. The molecule has 1 aliphatic carbocycles. The van der Waals surface area contributed by atoms with Crippen molar-refractivity contribution in [2.75, 3.05) is 19.7 Å². The van der Waals surface area contributed by atoms with Gasteiger partial charge in [-0.05, 0) is 68.6 Å². The Morgan fingerprint density at radius 1 is 1.17 bits per heavy atom. The van der Waals surface area contributed by atoms with E-state index in [1.54, 1.807) is 0 Å². The van der Waals surface area contributed by atoms with Crippen LogP contribution in [-0.4, -0.2) is 48.1 Å². The van der Waals surface area contributed by atoms with Gasteiger partial charge in [-0.2, -0.15) is 0 Å². The Hall–Kier alpha value is -1.59. The fraction of sp³-hybridized carbons (Fsp3) is 0.667. The molecule has 5 nitrogen and oxygen atoms in total. The van der Waals surface area contributed by atoms with Crippen LogP contribution in [0.15, 0.2) is 24.3 Å². The highest BCUT2D eigenvalue weighted by Gasteiger charge is 2.38. The van der Waals surface area contributed by atoms with Crippen LogP contribution in [0.2, 0.25) is 5.02 Å². The number of ether oxygens (including phenoxy) is 1. The molecule has 1 aromatic carbocycles. The first-order chi connectivity index (χ1) is 14.5. The number of rotatable bonds is 9. The minimum Gasteiger partial charge on any atom is -0.376 e. The molecular formula is C24H33ClN2O3. The number of carbonyl (C=O) groups excluding carboxylic acids is 2. The van der Waals surface area contributed by atoms with Crippen molar-refractivity contribution < 1.29 is 14.3 Å². The fourth-order valence-electron chi connectivity index (χ4n) is 4.98. The Morgan fingerprint density at radius 3 is 2.57 bits per heavy atom. The second-order valence-electron chi connectivity index (χ2n) is 9.36. The van der Waals surface area contributed by atoms with E-state index in [2.05, 4.69) is 5.32 Å². The molecule has 4 rings (SSSR count). The van der Waals surface area contributed by atoms with E-state index in [1.165, 1.54) is 19.3 Å². The molecule has 0 radical (unpaired) electrons. The van der Waals surface area contributed by atoms with Crippen LogP contribution in [-0.2, 0) is 20.7 Å². The maximum Gasteiger partial charge on any atom is 0.222 e. The molecular weight excluding hydrogens is 400 g/mol. The third kappa shape index (κ3) is 5.55. The van der Waals surface area contributed by atoms with Crippen LogP contribution in [0, 0.1) is 5.92 Å². The molecule has 3 fully saturated rings. The summed E-state index contributed by atoms with van der Waals surface area (Å²) in [6.45, 7) is 2.38. The van der Waals surface area contributed by atoms with Gasteiger partial charge >= 0.3 is 0 Å². The topological polar surface area (TPSA) is 58.6 Å².